The van der Waals surface area contributed by atoms with Gasteiger partial charge >= 0.3 is 12.0 Å². The van der Waals surface area contributed by atoms with Crippen LogP contribution in [0.25, 0.3) is 0 Å². The first-order valence-corrected chi connectivity index (χ1v) is 8.73. The summed E-state index contributed by atoms with van der Waals surface area (Å²) in [5.41, 5.74) is 1.72. The molecule has 0 radical (unpaired) electrons. The highest BCUT2D eigenvalue weighted by molar-refractivity contribution is 5.92. The van der Waals surface area contributed by atoms with Gasteiger partial charge in [-0.05, 0) is 50.5 Å². The van der Waals surface area contributed by atoms with E-state index in [0.717, 1.165) is 37.2 Å². The van der Waals surface area contributed by atoms with Crippen molar-refractivity contribution >= 4 is 17.7 Å². The Morgan fingerprint density at radius 3 is 2.72 bits per heavy atom. The number of nitrogens with zero attached hydrogens (tertiary/aromatic N) is 2. The number of carboxylic acid groups (broad SMARTS) is 1. The van der Waals surface area contributed by atoms with Gasteiger partial charge in [-0.1, -0.05) is 0 Å². The molecule has 1 aromatic carbocycles. The van der Waals surface area contributed by atoms with Crippen LogP contribution in [0.4, 0.5) is 10.5 Å². The molecule has 2 heterocycles. The van der Waals surface area contributed by atoms with Crippen molar-refractivity contribution < 1.29 is 19.4 Å². The van der Waals surface area contributed by atoms with Crippen LogP contribution in [-0.4, -0.2) is 58.7 Å². The van der Waals surface area contributed by atoms with Gasteiger partial charge < -0.3 is 25.0 Å². The zero-order valence-corrected chi connectivity index (χ0v) is 14.7. The van der Waals surface area contributed by atoms with Crippen LogP contribution in [0.3, 0.4) is 0 Å². The third-order valence-electron chi connectivity index (χ3n) is 4.95. The van der Waals surface area contributed by atoms with E-state index in [2.05, 4.69) is 24.1 Å². The summed E-state index contributed by atoms with van der Waals surface area (Å²) in [5, 5.41) is 11.7. The van der Waals surface area contributed by atoms with Crippen molar-refractivity contribution in [1.29, 1.82) is 0 Å². The maximum Gasteiger partial charge on any atom is 0.341 e. The summed E-state index contributed by atoms with van der Waals surface area (Å²) in [5.74, 6) is -0.503. The Morgan fingerprint density at radius 2 is 2.08 bits per heavy atom. The summed E-state index contributed by atoms with van der Waals surface area (Å²) in [6.07, 6.45) is 1.94. The number of aliphatic carboxylic acids is 1. The van der Waals surface area contributed by atoms with Gasteiger partial charge in [-0.3, -0.25) is 0 Å². The van der Waals surface area contributed by atoms with Gasteiger partial charge in [0.25, 0.3) is 0 Å². The van der Waals surface area contributed by atoms with Crippen molar-refractivity contribution in [2.45, 2.75) is 45.3 Å². The molecule has 1 fully saturated rings. The van der Waals surface area contributed by atoms with Crippen LogP contribution in [0.2, 0.25) is 0 Å². The lowest BCUT2D eigenvalue weighted by molar-refractivity contribution is -0.139. The maximum absolute atomic E-state index is 12.5. The topological polar surface area (TPSA) is 82.1 Å². The minimum absolute atomic E-state index is 0.0605. The van der Waals surface area contributed by atoms with Crippen LogP contribution < -0.4 is 10.1 Å². The van der Waals surface area contributed by atoms with Crippen LogP contribution in [0.15, 0.2) is 18.2 Å². The fourth-order valence-corrected chi connectivity index (χ4v) is 3.51. The minimum atomic E-state index is -1.01. The number of amides is 2. The van der Waals surface area contributed by atoms with Gasteiger partial charge in [0.1, 0.15) is 5.75 Å². The van der Waals surface area contributed by atoms with E-state index >= 15 is 0 Å². The van der Waals surface area contributed by atoms with E-state index in [1.807, 2.05) is 11.0 Å². The fourth-order valence-electron chi connectivity index (χ4n) is 3.51. The zero-order chi connectivity index (χ0) is 18.0. The number of benzene rings is 1. The largest absolute Gasteiger partial charge is 0.482 e. The number of hydrogen-bond donors (Lipinski definition) is 2. The molecular weight excluding hydrogens is 322 g/mol. The molecule has 0 saturated carbocycles. The quantitative estimate of drug-likeness (QED) is 0.854. The van der Waals surface area contributed by atoms with E-state index < -0.39 is 5.97 Å². The number of ether oxygens (including phenoxy) is 1. The predicted molar refractivity (Wildman–Crippen MR) is 93.9 cm³/mol. The molecule has 0 atom stereocenters. The highest BCUT2D eigenvalue weighted by atomic mass is 16.5. The zero-order valence-electron chi connectivity index (χ0n) is 14.7. The molecule has 2 amide bonds. The minimum Gasteiger partial charge on any atom is -0.482 e. The van der Waals surface area contributed by atoms with Crippen molar-refractivity contribution in [3.8, 4) is 5.75 Å². The number of likely N-dealkylation sites (tertiary alicyclic amines) is 1. The first kappa shape index (κ1) is 17.5. The van der Waals surface area contributed by atoms with Crippen LogP contribution in [0.1, 0.15) is 32.3 Å². The molecule has 0 unspecified atom stereocenters. The Kier molecular flexibility index (Phi) is 5.13. The molecule has 7 heteroatoms. The number of urea groups is 1. The van der Waals surface area contributed by atoms with Gasteiger partial charge in [0.2, 0.25) is 0 Å². The molecule has 0 bridgehead atoms. The molecule has 7 nitrogen and oxygen atoms in total. The summed E-state index contributed by atoms with van der Waals surface area (Å²) < 4.78 is 5.24. The molecule has 1 saturated heterocycles. The number of anilines is 1. The van der Waals surface area contributed by atoms with E-state index in [1.165, 1.54) is 0 Å². The van der Waals surface area contributed by atoms with E-state index in [9.17, 15) is 9.59 Å². The molecule has 2 N–H and O–H groups in total. The normalized spacial score (nSPS) is 18.8. The Morgan fingerprint density at radius 1 is 1.36 bits per heavy atom. The third kappa shape index (κ3) is 4.04. The Labute approximate surface area is 147 Å². The number of carboxylic acids is 1. The van der Waals surface area contributed by atoms with Crippen molar-refractivity contribution in [2.75, 3.05) is 25.0 Å². The second-order valence-corrected chi connectivity index (χ2v) is 6.92. The summed E-state index contributed by atoms with van der Waals surface area (Å²) in [6.45, 7) is 6.55. The Bertz CT molecular complexity index is 654. The maximum atomic E-state index is 12.5. The van der Waals surface area contributed by atoms with E-state index in [-0.39, 0.29) is 18.7 Å². The standard InChI is InChI=1S/C18H25N3O4/c1-12(2)20-7-5-14(6-8-20)21-10-13-9-15(25-11-17(22)23)3-4-16(13)19-18(21)24/h3-4,9,12,14H,5-8,10-11H2,1-2H3,(H,19,24)(H,22,23). The van der Waals surface area contributed by atoms with Crippen molar-refractivity contribution in [2.24, 2.45) is 0 Å². The number of rotatable bonds is 5. The molecule has 0 spiro atoms. The number of nitrogens with one attached hydrogen (secondary N) is 1. The average molecular weight is 347 g/mol. The summed E-state index contributed by atoms with van der Waals surface area (Å²) in [4.78, 5) is 27.4. The SMILES string of the molecule is CC(C)N1CCC(N2Cc3cc(OCC(=O)O)ccc3NC2=O)CC1. The molecule has 1 aromatic rings. The van der Waals surface area contributed by atoms with Crippen molar-refractivity contribution in [1.82, 2.24) is 9.80 Å². The van der Waals surface area contributed by atoms with Crippen LogP contribution in [0.5, 0.6) is 5.75 Å². The second kappa shape index (κ2) is 7.31. The molecule has 25 heavy (non-hydrogen) atoms. The first-order chi connectivity index (χ1) is 11.9. The van der Waals surface area contributed by atoms with E-state index in [0.29, 0.717) is 18.3 Å². The second-order valence-electron chi connectivity index (χ2n) is 6.92. The highest BCUT2D eigenvalue weighted by Crippen LogP contribution is 2.30. The highest BCUT2D eigenvalue weighted by Gasteiger charge is 2.32. The molecule has 136 valence electrons. The van der Waals surface area contributed by atoms with Gasteiger partial charge in [-0.25, -0.2) is 9.59 Å². The Hall–Kier alpha value is -2.28. The summed E-state index contributed by atoms with van der Waals surface area (Å²) in [7, 11) is 0. The Balaban J connectivity index is 1.68. The number of hydrogen-bond acceptors (Lipinski definition) is 4. The first-order valence-electron chi connectivity index (χ1n) is 8.73. The fraction of sp³-hybridized carbons (Fsp3) is 0.556. The number of carbonyl (C=O) groups excluding carboxylic acids is 1. The van der Waals surface area contributed by atoms with Crippen molar-refractivity contribution in [3.05, 3.63) is 23.8 Å². The number of fused-ring (bicyclic) bond motifs is 1. The van der Waals surface area contributed by atoms with Crippen LogP contribution in [0, 0.1) is 0 Å². The molecule has 3 rings (SSSR count). The molecular formula is C18H25N3O4. The number of piperidine rings is 1. The predicted octanol–water partition coefficient (Wildman–Crippen LogP) is 2.37. The van der Waals surface area contributed by atoms with Gasteiger partial charge in [-0.2, -0.15) is 0 Å². The van der Waals surface area contributed by atoms with Crippen LogP contribution in [-0.2, 0) is 11.3 Å². The number of carbonyl (C=O) groups is 2. The summed E-state index contributed by atoms with van der Waals surface area (Å²) >= 11 is 0. The van der Waals surface area contributed by atoms with E-state index in [4.69, 9.17) is 9.84 Å². The lowest BCUT2D eigenvalue weighted by Crippen LogP contribution is -2.51. The average Bonchev–Trinajstić information content (AvgIpc) is 2.59. The van der Waals surface area contributed by atoms with Gasteiger partial charge in [-0.15, -0.1) is 0 Å². The van der Waals surface area contributed by atoms with Crippen molar-refractivity contribution in [3.63, 3.8) is 0 Å². The lowest BCUT2D eigenvalue weighted by Gasteiger charge is -2.41. The van der Waals surface area contributed by atoms with Gasteiger partial charge in [0, 0.05) is 37.4 Å². The molecule has 0 aromatic heterocycles. The van der Waals surface area contributed by atoms with Gasteiger partial charge in [0.05, 0.1) is 0 Å². The summed E-state index contributed by atoms with van der Waals surface area (Å²) in [6, 6.07) is 5.96. The third-order valence-corrected chi connectivity index (χ3v) is 4.95. The van der Waals surface area contributed by atoms with Crippen LogP contribution >= 0.6 is 0 Å². The molecule has 0 aliphatic carbocycles. The molecule has 2 aliphatic rings. The molecule has 2 aliphatic heterocycles. The lowest BCUT2D eigenvalue weighted by atomic mass is 10.00. The van der Waals surface area contributed by atoms with Gasteiger partial charge in [0.15, 0.2) is 6.61 Å². The monoisotopic (exact) mass is 347 g/mol. The van der Waals surface area contributed by atoms with E-state index in [1.54, 1.807) is 12.1 Å². The smallest absolute Gasteiger partial charge is 0.341 e.